The number of benzene rings is 3. The molecule has 5 nitrogen and oxygen atoms in total. The van der Waals surface area contributed by atoms with Crippen molar-refractivity contribution < 1.29 is 14.3 Å². The van der Waals surface area contributed by atoms with Gasteiger partial charge in [0.2, 0.25) is 0 Å². The summed E-state index contributed by atoms with van der Waals surface area (Å²) in [6, 6.07) is 31.7. The molecule has 1 heterocycles. The number of methoxy groups -OCH3 is 1. The Labute approximate surface area is 231 Å². The molecule has 0 aliphatic heterocycles. The molecule has 0 saturated carbocycles. The van der Waals surface area contributed by atoms with E-state index in [1.165, 1.54) is 34.9 Å². The van der Waals surface area contributed by atoms with Gasteiger partial charge < -0.3 is 14.8 Å². The van der Waals surface area contributed by atoms with E-state index in [1.54, 1.807) is 6.07 Å². The third-order valence-corrected chi connectivity index (χ3v) is 7.41. The maximum absolute atomic E-state index is 11.9. The summed E-state index contributed by atoms with van der Waals surface area (Å²) in [5.74, 6) is 0.546. The molecule has 5 heteroatoms. The fourth-order valence-corrected chi connectivity index (χ4v) is 5.22. The van der Waals surface area contributed by atoms with Gasteiger partial charge in [0, 0.05) is 11.7 Å². The SMILES string of the molecule is COC(=O)c1ccc2c(n1)CCCC2NCCc1ccccc1OCc1ccc(CCc2ccccc2)cc1. The van der Waals surface area contributed by atoms with Crippen LogP contribution in [0, 0.1) is 0 Å². The molecule has 3 aromatic carbocycles. The van der Waals surface area contributed by atoms with Crippen LogP contribution >= 0.6 is 0 Å². The van der Waals surface area contributed by atoms with E-state index in [0.717, 1.165) is 56.5 Å². The first-order valence-electron chi connectivity index (χ1n) is 13.8. The van der Waals surface area contributed by atoms with Crippen LogP contribution < -0.4 is 10.1 Å². The molecule has 0 spiro atoms. The molecule has 1 aliphatic carbocycles. The number of hydrogen-bond acceptors (Lipinski definition) is 5. The van der Waals surface area contributed by atoms with Crippen molar-refractivity contribution in [1.82, 2.24) is 10.3 Å². The highest BCUT2D eigenvalue weighted by Gasteiger charge is 2.22. The van der Waals surface area contributed by atoms with Crippen LogP contribution in [0.4, 0.5) is 0 Å². The lowest BCUT2D eigenvalue weighted by atomic mass is 9.91. The van der Waals surface area contributed by atoms with E-state index in [9.17, 15) is 4.79 Å². The van der Waals surface area contributed by atoms with Gasteiger partial charge in [-0.2, -0.15) is 0 Å². The van der Waals surface area contributed by atoms with E-state index < -0.39 is 0 Å². The minimum absolute atomic E-state index is 0.237. The summed E-state index contributed by atoms with van der Waals surface area (Å²) in [6.07, 6.45) is 5.96. The predicted molar refractivity (Wildman–Crippen MR) is 154 cm³/mol. The molecule has 39 heavy (non-hydrogen) atoms. The van der Waals surface area contributed by atoms with Crippen molar-refractivity contribution in [3.8, 4) is 5.75 Å². The van der Waals surface area contributed by atoms with Gasteiger partial charge in [-0.3, -0.25) is 0 Å². The Morgan fingerprint density at radius 2 is 1.56 bits per heavy atom. The number of rotatable bonds is 11. The van der Waals surface area contributed by atoms with Crippen LogP contribution in [0.2, 0.25) is 0 Å². The van der Waals surface area contributed by atoms with Crippen molar-refractivity contribution in [2.45, 2.75) is 51.2 Å². The average molecular weight is 521 g/mol. The van der Waals surface area contributed by atoms with E-state index in [1.807, 2.05) is 12.1 Å². The Balaban J connectivity index is 1.13. The number of esters is 1. The monoisotopic (exact) mass is 520 g/mol. The highest BCUT2D eigenvalue weighted by atomic mass is 16.5. The van der Waals surface area contributed by atoms with Gasteiger partial charge in [-0.05, 0) is 85.0 Å². The molecule has 1 unspecified atom stereocenters. The quantitative estimate of drug-likeness (QED) is 0.231. The summed E-state index contributed by atoms with van der Waals surface area (Å²) in [7, 11) is 1.39. The summed E-state index contributed by atoms with van der Waals surface area (Å²) in [5, 5.41) is 3.71. The number of aromatic nitrogens is 1. The maximum Gasteiger partial charge on any atom is 0.356 e. The molecule has 1 aromatic heterocycles. The molecule has 4 aromatic rings. The van der Waals surface area contributed by atoms with Crippen molar-refractivity contribution in [3.05, 3.63) is 130 Å². The lowest BCUT2D eigenvalue weighted by molar-refractivity contribution is 0.0593. The number of aryl methyl sites for hydroxylation is 3. The van der Waals surface area contributed by atoms with Crippen LogP contribution in [0.5, 0.6) is 5.75 Å². The molecule has 0 amide bonds. The number of pyridine rings is 1. The molecule has 0 fully saturated rings. The fourth-order valence-electron chi connectivity index (χ4n) is 5.22. The molecular formula is C34H36N2O3. The first-order chi connectivity index (χ1) is 19.2. The van der Waals surface area contributed by atoms with Gasteiger partial charge >= 0.3 is 5.97 Å². The Hall–Kier alpha value is -3.96. The number of ether oxygens (including phenoxy) is 2. The molecule has 0 saturated heterocycles. The van der Waals surface area contributed by atoms with E-state index in [0.29, 0.717) is 12.3 Å². The summed E-state index contributed by atoms with van der Waals surface area (Å²) >= 11 is 0. The van der Waals surface area contributed by atoms with Crippen molar-refractivity contribution >= 4 is 5.97 Å². The van der Waals surface area contributed by atoms with Gasteiger partial charge in [0.05, 0.1) is 7.11 Å². The molecule has 5 rings (SSSR count). The zero-order chi connectivity index (χ0) is 26.9. The van der Waals surface area contributed by atoms with Crippen molar-refractivity contribution in [3.63, 3.8) is 0 Å². The molecule has 0 bridgehead atoms. The van der Waals surface area contributed by atoms with E-state index in [-0.39, 0.29) is 12.0 Å². The summed E-state index contributed by atoms with van der Waals surface area (Å²) in [4.78, 5) is 16.4. The van der Waals surface area contributed by atoms with Crippen LogP contribution in [0.25, 0.3) is 0 Å². The topological polar surface area (TPSA) is 60.5 Å². The highest BCUT2D eigenvalue weighted by molar-refractivity contribution is 5.87. The van der Waals surface area contributed by atoms with Crippen LogP contribution in [-0.4, -0.2) is 24.6 Å². The number of hydrogen-bond donors (Lipinski definition) is 1. The van der Waals surface area contributed by atoms with Crippen LogP contribution in [0.1, 0.15) is 62.9 Å². The second kappa shape index (κ2) is 13.2. The van der Waals surface area contributed by atoms with E-state index >= 15 is 0 Å². The van der Waals surface area contributed by atoms with Crippen LogP contribution in [-0.2, 0) is 37.0 Å². The summed E-state index contributed by atoms with van der Waals surface area (Å²) in [6.45, 7) is 1.38. The summed E-state index contributed by atoms with van der Waals surface area (Å²) < 4.78 is 11.1. The first-order valence-corrected chi connectivity index (χ1v) is 13.8. The van der Waals surface area contributed by atoms with Gasteiger partial charge in [-0.15, -0.1) is 0 Å². The maximum atomic E-state index is 11.9. The Morgan fingerprint density at radius 3 is 2.36 bits per heavy atom. The van der Waals surface area contributed by atoms with Crippen molar-refractivity contribution in [2.75, 3.05) is 13.7 Å². The van der Waals surface area contributed by atoms with Crippen molar-refractivity contribution in [2.24, 2.45) is 0 Å². The van der Waals surface area contributed by atoms with Gasteiger partial charge in [0.15, 0.2) is 0 Å². The Kier molecular flexibility index (Phi) is 9.02. The second-order valence-electron chi connectivity index (χ2n) is 10.1. The zero-order valence-corrected chi connectivity index (χ0v) is 22.6. The van der Waals surface area contributed by atoms with E-state index in [2.05, 4.69) is 83.1 Å². The average Bonchev–Trinajstić information content (AvgIpc) is 3.00. The Morgan fingerprint density at radius 1 is 0.846 bits per heavy atom. The van der Waals surface area contributed by atoms with Gasteiger partial charge in [0.1, 0.15) is 18.1 Å². The first kappa shape index (κ1) is 26.6. The van der Waals surface area contributed by atoms with Gasteiger partial charge in [0.25, 0.3) is 0 Å². The highest BCUT2D eigenvalue weighted by Crippen LogP contribution is 2.29. The molecule has 1 atom stereocenters. The molecule has 200 valence electrons. The summed E-state index contributed by atoms with van der Waals surface area (Å²) in [5.41, 5.74) is 7.64. The van der Waals surface area contributed by atoms with Gasteiger partial charge in [-0.1, -0.05) is 78.9 Å². The third-order valence-electron chi connectivity index (χ3n) is 7.41. The van der Waals surface area contributed by atoms with E-state index in [4.69, 9.17) is 9.47 Å². The minimum atomic E-state index is -0.386. The van der Waals surface area contributed by atoms with Crippen molar-refractivity contribution in [1.29, 1.82) is 0 Å². The molecule has 1 aliphatic rings. The van der Waals surface area contributed by atoms with Crippen LogP contribution in [0.15, 0.2) is 91.0 Å². The Bertz CT molecular complexity index is 1370. The third kappa shape index (κ3) is 7.12. The standard InChI is InChI=1S/C34H36N2O3/c1-38-34(37)32-21-20-29-30(11-7-12-31(29)36-32)35-23-22-28-10-5-6-13-33(28)39-24-27-18-16-26(17-19-27)15-14-25-8-3-2-4-9-25/h2-6,8-10,13,16-21,30,35H,7,11-12,14-15,22-24H2,1H3. The largest absolute Gasteiger partial charge is 0.489 e. The number of carbonyl (C=O) groups is 1. The molecule has 0 radical (unpaired) electrons. The lowest BCUT2D eigenvalue weighted by Crippen LogP contribution is -2.28. The molecule has 1 N–H and O–H groups in total. The number of nitrogens with zero attached hydrogens (tertiary/aromatic N) is 1. The second-order valence-corrected chi connectivity index (χ2v) is 10.1. The smallest absolute Gasteiger partial charge is 0.356 e. The minimum Gasteiger partial charge on any atom is -0.489 e. The number of carbonyl (C=O) groups excluding carboxylic acids is 1. The fraction of sp³-hybridized carbons (Fsp3) is 0.294. The normalized spacial score (nSPS) is 14.4. The van der Waals surface area contributed by atoms with Gasteiger partial charge in [-0.25, -0.2) is 9.78 Å². The number of fused-ring (bicyclic) bond motifs is 1. The zero-order valence-electron chi connectivity index (χ0n) is 22.6. The number of para-hydroxylation sites is 1. The lowest BCUT2D eigenvalue weighted by Gasteiger charge is -2.26. The van der Waals surface area contributed by atoms with Crippen LogP contribution in [0.3, 0.4) is 0 Å². The predicted octanol–water partition coefficient (Wildman–Crippen LogP) is 6.44. The number of nitrogens with one attached hydrogen (secondary N) is 1. The molecular weight excluding hydrogens is 484 g/mol.